The number of aldehydes is 1. The minimum Gasteiger partial charge on any atom is -0.372 e. The van der Waals surface area contributed by atoms with Gasteiger partial charge in [-0.25, -0.2) is 9.97 Å². The van der Waals surface area contributed by atoms with E-state index in [-0.39, 0.29) is 0 Å². The van der Waals surface area contributed by atoms with Crippen molar-refractivity contribution in [3.63, 3.8) is 0 Å². The van der Waals surface area contributed by atoms with Crippen LogP contribution in [0.25, 0.3) is 5.57 Å². The van der Waals surface area contributed by atoms with Gasteiger partial charge in [-0.3, -0.25) is 9.78 Å². The van der Waals surface area contributed by atoms with Crippen molar-refractivity contribution in [2.75, 3.05) is 12.4 Å². The molecule has 3 rings (SSSR count). The number of rotatable bonds is 5. The second-order valence-corrected chi connectivity index (χ2v) is 5.92. The van der Waals surface area contributed by atoms with E-state index < -0.39 is 0 Å². The molecule has 0 saturated heterocycles. The predicted octanol–water partition coefficient (Wildman–Crippen LogP) is 2.98. The molecule has 5 nitrogen and oxygen atoms in total. The van der Waals surface area contributed by atoms with Crippen molar-refractivity contribution in [1.82, 2.24) is 15.0 Å². The van der Waals surface area contributed by atoms with E-state index in [2.05, 4.69) is 27.2 Å². The first kappa shape index (κ1) is 14.7. The van der Waals surface area contributed by atoms with Gasteiger partial charge in [0.1, 0.15) is 5.82 Å². The number of nitrogens with one attached hydrogen (secondary N) is 1. The Labute approximate surface area is 133 Å². The van der Waals surface area contributed by atoms with Crippen LogP contribution < -0.4 is 5.32 Å². The number of fused-ring (bicyclic) bond motifs is 1. The normalized spacial score (nSPS) is 13.2. The van der Waals surface area contributed by atoms with Crippen LogP contribution in [0, 0.1) is 0 Å². The largest absolute Gasteiger partial charge is 0.372 e. The Hall–Kier alpha value is -2.21. The summed E-state index contributed by atoms with van der Waals surface area (Å²) >= 11 is 1.47. The molecule has 0 radical (unpaired) electrons. The molecule has 0 spiro atoms. The smallest absolute Gasteiger partial charge is 0.194 e. The maximum atomic E-state index is 11.4. The van der Waals surface area contributed by atoms with Gasteiger partial charge in [0.25, 0.3) is 0 Å². The van der Waals surface area contributed by atoms with Crippen LogP contribution in [0.15, 0.2) is 40.2 Å². The average molecular weight is 312 g/mol. The fraction of sp³-hybridized carbons (Fsp3) is 0.250. The highest BCUT2D eigenvalue weighted by molar-refractivity contribution is 7.99. The highest BCUT2D eigenvalue weighted by atomic mass is 32.2. The molecule has 112 valence electrons. The summed E-state index contributed by atoms with van der Waals surface area (Å²) in [7, 11) is 1.81. The van der Waals surface area contributed by atoms with E-state index in [4.69, 9.17) is 0 Å². The lowest BCUT2D eigenvalue weighted by molar-refractivity contribution is -0.103. The number of allylic oxidation sites excluding steroid dienone is 2. The third kappa shape index (κ3) is 2.62. The van der Waals surface area contributed by atoms with Crippen LogP contribution in [-0.4, -0.2) is 28.3 Å². The second-order valence-electron chi connectivity index (χ2n) is 4.88. The van der Waals surface area contributed by atoms with E-state index in [0.29, 0.717) is 11.0 Å². The minimum atomic E-state index is 0.665. The van der Waals surface area contributed by atoms with Gasteiger partial charge >= 0.3 is 0 Å². The van der Waals surface area contributed by atoms with Gasteiger partial charge in [-0.05, 0) is 30.3 Å². The quantitative estimate of drug-likeness (QED) is 0.676. The van der Waals surface area contributed by atoms with Gasteiger partial charge in [0.2, 0.25) is 0 Å². The number of hydrogen-bond donors (Lipinski definition) is 1. The molecule has 0 aliphatic heterocycles. The third-order valence-electron chi connectivity index (χ3n) is 3.62. The Morgan fingerprint density at radius 1 is 1.41 bits per heavy atom. The van der Waals surface area contributed by atoms with Crippen molar-refractivity contribution < 1.29 is 4.79 Å². The van der Waals surface area contributed by atoms with Crippen LogP contribution in [0.3, 0.4) is 0 Å². The van der Waals surface area contributed by atoms with Crippen LogP contribution in [0.5, 0.6) is 0 Å². The summed E-state index contributed by atoms with van der Waals surface area (Å²) in [6.45, 7) is 2.06. The molecule has 2 heterocycles. The molecular formula is C16H16N4OS. The zero-order chi connectivity index (χ0) is 15.5. The maximum Gasteiger partial charge on any atom is 0.194 e. The van der Waals surface area contributed by atoms with Gasteiger partial charge in [0.05, 0.1) is 5.69 Å². The summed E-state index contributed by atoms with van der Waals surface area (Å²) in [5.74, 6) is 0.710. The number of pyridine rings is 1. The number of aromatic nitrogens is 3. The molecule has 0 bridgehead atoms. The van der Waals surface area contributed by atoms with Gasteiger partial charge < -0.3 is 5.32 Å². The Bertz CT molecular complexity index is 743. The van der Waals surface area contributed by atoms with E-state index >= 15 is 0 Å². The van der Waals surface area contributed by atoms with E-state index in [1.807, 2.05) is 19.2 Å². The molecule has 0 saturated carbocycles. The van der Waals surface area contributed by atoms with Gasteiger partial charge in [-0.2, -0.15) is 0 Å². The molecule has 22 heavy (non-hydrogen) atoms. The van der Waals surface area contributed by atoms with Crippen LogP contribution in [0.4, 0.5) is 5.82 Å². The number of hydrogen-bond acceptors (Lipinski definition) is 6. The summed E-state index contributed by atoms with van der Waals surface area (Å²) in [6.07, 6.45) is 6.01. The molecule has 0 atom stereocenters. The predicted molar refractivity (Wildman–Crippen MR) is 86.9 cm³/mol. The molecule has 1 aliphatic carbocycles. The molecule has 1 aliphatic rings. The van der Waals surface area contributed by atoms with Crippen molar-refractivity contribution in [2.45, 2.75) is 29.8 Å². The molecule has 2 aromatic rings. The molecule has 0 amide bonds. The highest BCUT2D eigenvalue weighted by Gasteiger charge is 2.26. The lowest BCUT2D eigenvalue weighted by Crippen LogP contribution is -2.04. The lowest BCUT2D eigenvalue weighted by Gasteiger charge is -2.10. The number of nitrogens with zero attached hydrogens (tertiary/aromatic N) is 3. The zero-order valence-corrected chi connectivity index (χ0v) is 13.3. The Morgan fingerprint density at radius 2 is 2.27 bits per heavy atom. The Kier molecular flexibility index (Phi) is 4.20. The Balaban J connectivity index is 2.01. The summed E-state index contributed by atoms with van der Waals surface area (Å²) in [5.41, 5.74) is 3.63. The van der Waals surface area contributed by atoms with Crippen molar-refractivity contribution in [2.24, 2.45) is 0 Å². The van der Waals surface area contributed by atoms with Crippen LogP contribution >= 0.6 is 11.8 Å². The second kappa shape index (κ2) is 6.27. The molecule has 6 heteroatoms. The maximum absolute atomic E-state index is 11.4. The first-order chi connectivity index (χ1) is 10.8. The summed E-state index contributed by atoms with van der Waals surface area (Å²) in [6, 6.07) is 3.86. The molecule has 0 aromatic carbocycles. The molecular weight excluding hydrogens is 296 g/mol. The van der Waals surface area contributed by atoms with E-state index in [0.717, 1.165) is 46.4 Å². The van der Waals surface area contributed by atoms with Gasteiger partial charge in [0.15, 0.2) is 11.4 Å². The van der Waals surface area contributed by atoms with Crippen molar-refractivity contribution in [3.05, 3.63) is 41.4 Å². The summed E-state index contributed by atoms with van der Waals surface area (Å²) in [4.78, 5) is 25.7. The van der Waals surface area contributed by atoms with Gasteiger partial charge in [-0.15, -0.1) is 0 Å². The first-order valence-corrected chi connectivity index (χ1v) is 7.92. The number of anilines is 1. The van der Waals surface area contributed by atoms with Gasteiger partial charge in [-0.1, -0.05) is 12.5 Å². The van der Waals surface area contributed by atoms with Crippen LogP contribution in [-0.2, 0) is 11.2 Å². The molecule has 0 unspecified atom stereocenters. The SMILES string of the molecule is CCC1=C(C=O)c2c(nc(Sc3cccnc3)nc2NC)C1. The molecule has 2 aromatic heterocycles. The number of carbonyl (C=O) groups excluding carboxylic acids is 1. The fourth-order valence-electron chi connectivity index (χ4n) is 2.57. The topological polar surface area (TPSA) is 67.8 Å². The van der Waals surface area contributed by atoms with Crippen molar-refractivity contribution in [1.29, 1.82) is 0 Å². The number of carbonyl (C=O) groups is 1. The fourth-order valence-corrected chi connectivity index (χ4v) is 3.33. The van der Waals surface area contributed by atoms with E-state index in [9.17, 15) is 4.79 Å². The van der Waals surface area contributed by atoms with Gasteiger partial charge in [0, 0.05) is 41.9 Å². The van der Waals surface area contributed by atoms with Crippen LogP contribution in [0.2, 0.25) is 0 Å². The van der Waals surface area contributed by atoms with E-state index in [1.165, 1.54) is 11.8 Å². The molecule has 1 N–H and O–H groups in total. The first-order valence-electron chi connectivity index (χ1n) is 7.11. The van der Waals surface area contributed by atoms with E-state index in [1.54, 1.807) is 12.4 Å². The summed E-state index contributed by atoms with van der Waals surface area (Å²) in [5, 5.41) is 3.75. The average Bonchev–Trinajstić information content (AvgIpc) is 2.92. The van der Waals surface area contributed by atoms with Crippen molar-refractivity contribution in [3.8, 4) is 0 Å². The van der Waals surface area contributed by atoms with Crippen molar-refractivity contribution >= 4 is 29.4 Å². The Morgan fingerprint density at radius 3 is 2.91 bits per heavy atom. The third-order valence-corrected chi connectivity index (χ3v) is 4.46. The highest BCUT2D eigenvalue weighted by Crippen LogP contribution is 2.38. The monoisotopic (exact) mass is 312 g/mol. The lowest BCUT2D eigenvalue weighted by atomic mass is 10.1. The zero-order valence-electron chi connectivity index (χ0n) is 12.5. The minimum absolute atomic E-state index is 0.665. The standard InChI is InChI=1S/C16H16N4OS/c1-3-10-7-13-14(12(10)9-21)15(17-2)20-16(19-13)22-11-5-4-6-18-8-11/h4-6,8-9H,3,7H2,1-2H3,(H,17,19,20). The summed E-state index contributed by atoms with van der Waals surface area (Å²) < 4.78 is 0. The molecule has 0 fully saturated rings. The van der Waals surface area contributed by atoms with Crippen LogP contribution in [0.1, 0.15) is 24.6 Å².